The van der Waals surface area contributed by atoms with Gasteiger partial charge < -0.3 is 9.80 Å². The molecule has 3 nitrogen and oxygen atoms in total. The first-order valence-corrected chi connectivity index (χ1v) is 5.18. The van der Waals surface area contributed by atoms with Crippen LogP contribution in [0.5, 0.6) is 0 Å². The second-order valence-corrected chi connectivity index (χ2v) is 4.30. The third-order valence-corrected chi connectivity index (χ3v) is 3.45. The summed E-state index contributed by atoms with van der Waals surface area (Å²) in [6.45, 7) is 9.44. The van der Waals surface area contributed by atoms with Gasteiger partial charge in [0.05, 0.1) is 0 Å². The molecule has 0 N–H and O–H groups in total. The number of fused-ring (bicyclic) bond motifs is 1. The van der Waals surface area contributed by atoms with Crippen molar-refractivity contribution in [3.63, 3.8) is 0 Å². The molecule has 3 heteroatoms. The summed E-state index contributed by atoms with van der Waals surface area (Å²) in [7, 11) is 0. The Morgan fingerprint density at radius 3 is 2.15 bits per heavy atom. The van der Waals surface area contributed by atoms with E-state index in [9.17, 15) is 4.79 Å². The van der Waals surface area contributed by atoms with Gasteiger partial charge in [-0.1, -0.05) is 6.92 Å². The van der Waals surface area contributed by atoms with Crippen LogP contribution in [0.15, 0.2) is 0 Å². The molecule has 13 heavy (non-hydrogen) atoms. The molecule has 0 radical (unpaired) electrons. The van der Waals surface area contributed by atoms with Crippen LogP contribution in [0.25, 0.3) is 0 Å². The molecule has 2 heterocycles. The van der Waals surface area contributed by atoms with Crippen molar-refractivity contribution in [2.45, 2.75) is 13.8 Å². The summed E-state index contributed by atoms with van der Waals surface area (Å²) in [4.78, 5) is 15.6. The number of carbonyl (C=O) groups excluding carboxylic acids is 1. The molecular formula is C10H18N2O. The van der Waals surface area contributed by atoms with Crippen molar-refractivity contribution in [3.05, 3.63) is 0 Å². The van der Waals surface area contributed by atoms with Gasteiger partial charge in [-0.15, -0.1) is 0 Å². The topological polar surface area (TPSA) is 23.6 Å². The molecule has 2 saturated heterocycles. The highest BCUT2D eigenvalue weighted by atomic mass is 16.2. The van der Waals surface area contributed by atoms with Crippen molar-refractivity contribution in [1.82, 2.24) is 9.80 Å². The number of rotatable bonds is 1. The maximum absolute atomic E-state index is 11.1. The smallest absolute Gasteiger partial charge is 0.219 e. The zero-order valence-corrected chi connectivity index (χ0v) is 8.49. The van der Waals surface area contributed by atoms with Crippen molar-refractivity contribution in [2.24, 2.45) is 11.8 Å². The van der Waals surface area contributed by atoms with Crippen LogP contribution in [0.1, 0.15) is 13.8 Å². The number of carbonyl (C=O) groups is 1. The molecule has 0 spiro atoms. The van der Waals surface area contributed by atoms with E-state index in [1.165, 1.54) is 13.1 Å². The maximum atomic E-state index is 11.1. The third kappa shape index (κ3) is 1.57. The van der Waals surface area contributed by atoms with Gasteiger partial charge in [0.15, 0.2) is 0 Å². The quantitative estimate of drug-likeness (QED) is 0.586. The summed E-state index contributed by atoms with van der Waals surface area (Å²) >= 11 is 0. The highest BCUT2D eigenvalue weighted by Gasteiger charge is 2.39. The largest absolute Gasteiger partial charge is 0.342 e. The molecule has 0 aromatic rings. The lowest BCUT2D eigenvalue weighted by atomic mass is 10.0. The lowest BCUT2D eigenvalue weighted by molar-refractivity contribution is -0.128. The summed E-state index contributed by atoms with van der Waals surface area (Å²) in [6.07, 6.45) is 0. The van der Waals surface area contributed by atoms with E-state index in [2.05, 4.69) is 11.8 Å². The zero-order valence-electron chi connectivity index (χ0n) is 8.49. The van der Waals surface area contributed by atoms with Gasteiger partial charge in [-0.25, -0.2) is 0 Å². The zero-order chi connectivity index (χ0) is 9.42. The molecule has 0 bridgehead atoms. The van der Waals surface area contributed by atoms with E-state index in [1.807, 2.05) is 4.90 Å². The van der Waals surface area contributed by atoms with Crippen molar-refractivity contribution < 1.29 is 4.79 Å². The monoisotopic (exact) mass is 182 g/mol. The van der Waals surface area contributed by atoms with Crippen LogP contribution in [0.2, 0.25) is 0 Å². The van der Waals surface area contributed by atoms with Crippen molar-refractivity contribution in [2.75, 3.05) is 32.7 Å². The van der Waals surface area contributed by atoms with Crippen LogP contribution >= 0.6 is 0 Å². The molecule has 0 saturated carbocycles. The van der Waals surface area contributed by atoms with E-state index >= 15 is 0 Å². The summed E-state index contributed by atoms with van der Waals surface area (Å²) < 4.78 is 0. The lowest BCUT2D eigenvalue weighted by Crippen LogP contribution is -2.31. The van der Waals surface area contributed by atoms with E-state index in [0.717, 1.165) is 31.5 Å². The maximum Gasteiger partial charge on any atom is 0.219 e. The second-order valence-electron chi connectivity index (χ2n) is 4.30. The fourth-order valence-corrected chi connectivity index (χ4v) is 2.61. The van der Waals surface area contributed by atoms with Crippen molar-refractivity contribution in [3.8, 4) is 0 Å². The molecule has 2 aliphatic heterocycles. The van der Waals surface area contributed by atoms with Crippen LogP contribution in [-0.4, -0.2) is 48.4 Å². The molecule has 0 aliphatic carbocycles. The Labute approximate surface area is 79.7 Å². The summed E-state index contributed by atoms with van der Waals surface area (Å²) in [6, 6.07) is 0. The first-order valence-electron chi connectivity index (χ1n) is 5.18. The summed E-state index contributed by atoms with van der Waals surface area (Å²) in [5.41, 5.74) is 0. The van der Waals surface area contributed by atoms with Crippen molar-refractivity contribution in [1.29, 1.82) is 0 Å². The summed E-state index contributed by atoms with van der Waals surface area (Å²) in [5, 5.41) is 0. The SMILES string of the molecule is CCN1CC2CN(C(C)=O)CC2C1. The highest BCUT2D eigenvalue weighted by Crippen LogP contribution is 2.30. The Kier molecular flexibility index (Phi) is 2.28. The molecule has 2 atom stereocenters. The predicted molar refractivity (Wildman–Crippen MR) is 51.3 cm³/mol. The molecule has 1 amide bonds. The first-order chi connectivity index (χ1) is 6.20. The van der Waals surface area contributed by atoms with E-state index < -0.39 is 0 Å². The van der Waals surface area contributed by atoms with E-state index in [0.29, 0.717) is 0 Å². The fourth-order valence-electron chi connectivity index (χ4n) is 2.61. The molecule has 2 rings (SSSR count). The molecule has 74 valence electrons. The molecule has 2 aliphatic rings. The normalized spacial score (nSPS) is 33.8. The van der Waals surface area contributed by atoms with E-state index in [-0.39, 0.29) is 5.91 Å². The van der Waals surface area contributed by atoms with Gasteiger partial charge >= 0.3 is 0 Å². The number of hydrogen-bond donors (Lipinski definition) is 0. The van der Waals surface area contributed by atoms with Gasteiger partial charge in [-0.2, -0.15) is 0 Å². The second kappa shape index (κ2) is 3.29. The standard InChI is InChI=1S/C10H18N2O/c1-3-11-4-9-6-12(8(2)13)7-10(9)5-11/h9-10H,3-7H2,1-2H3. The van der Waals surface area contributed by atoms with Crippen LogP contribution in [0.3, 0.4) is 0 Å². The minimum atomic E-state index is 0.248. The van der Waals surface area contributed by atoms with Crippen LogP contribution in [-0.2, 0) is 4.79 Å². The van der Waals surface area contributed by atoms with Crippen LogP contribution in [0.4, 0.5) is 0 Å². The summed E-state index contributed by atoms with van der Waals surface area (Å²) in [5.74, 6) is 1.75. The Morgan fingerprint density at radius 1 is 1.23 bits per heavy atom. The van der Waals surface area contributed by atoms with E-state index in [1.54, 1.807) is 6.92 Å². The minimum Gasteiger partial charge on any atom is -0.342 e. The van der Waals surface area contributed by atoms with Gasteiger partial charge in [0.1, 0.15) is 0 Å². The molecule has 2 fully saturated rings. The Morgan fingerprint density at radius 2 is 1.77 bits per heavy atom. The predicted octanol–water partition coefficient (Wildman–Crippen LogP) is 0.416. The Bertz CT molecular complexity index is 203. The number of hydrogen-bond acceptors (Lipinski definition) is 2. The first kappa shape index (κ1) is 9.00. The number of nitrogens with zero attached hydrogens (tertiary/aromatic N) is 2. The molecular weight excluding hydrogens is 164 g/mol. The third-order valence-electron chi connectivity index (χ3n) is 3.45. The van der Waals surface area contributed by atoms with E-state index in [4.69, 9.17) is 0 Å². The Balaban J connectivity index is 1.93. The van der Waals surface area contributed by atoms with Crippen LogP contribution < -0.4 is 0 Å². The van der Waals surface area contributed by atoms with Gasteiger partial charge in [-0.05, 0) is 18.4 Å². The van der Waals surface area contributed by atoms with Gasteiger partial charge in [0.25, 0.3) is 0 Å². The van der Waals surface area contributed by atoms with Gasteiger partial charge in [-0.3, -0.25) is 4.79 Å². The number of likely N-dealkylation sites (tertiary alicyclic amines) is 2. The van der Waals surface area contributed by atoms with Crippen LogP contribution in [0, 0.1) is 11.8 Å². The number of amides is 1. The lowest BCUT2D eigenvalue weighted by Gasteiger charge is -2.18. The molecule has 0 aromatic carbocycles. The average Bonchev–Trinajstić information content (AvgIpc) is 2.58. The molecule has 2 unspecified atom stereocenters. The van der Waals surface area contributed by atoms with Gasteiger partial charge in [0, 0.05) is 33.1 Å². The fraction of sp³-hybridized carbons (Fsp3) is 0.900. The average molecular weight is 182 g/mol. The highest BCUT2D eigenvalue weighted by molar-refractivity contribution is 5.73. The molecule has 0 aromatic heterocycles. The van der Waals surface area contributed by atoms with Crippen molar-refractivity contribution >= 4 is 5.91 Å². The van der Waals surface area contributed by atoms with Gasteiger partial charge in [0.2, 0.25) is 5.91 Å². The Hall–Kier alpha value is -0.570. The minimum absolute atomic E-state index is 0.248.